The van der Waals surface area contributed by atoms with Gasteiger partial charge in [0.2, 0.25) is 0 Å². The first-order valence-corrected chi connectivity index (χ1v) is 5.09. The molecule has 0 radical (unpaired) electrons. The average Bonchev–Trinajstić information content (AvgIpc) is 2.38. The lowest BCUT2D eigenvalue weighted by molar-refractivity contribution is 0.598. The third-order valence-corrected chi connectivity index (χ3v) is 3.87. The number of hydrogen-bond donors (Lipinski definition) is 1. The third-order valence-electron chi connectivity index (χ3n) is 2.67. The lowest BCUT2D eigenvalue weighted by Crippen LogP contribution is -2.06. The van der Waals surface area contributed by atoms with E-state index in [1.165, 1.54) is 11.3 Å². The number of nitrogens with zero attached hydrogens (tertiary/aromatic N) is 1. The number of halogens is 1. The molecule has 12 heavy (non-hydrogen) atoms. The summed E-state index contributed by atoms with van der Waals surface area (Å²) in [5.41, 5.74) is 6.12. The van der Waals surface area contributed by atoms with Crippen molar-refractivity contribution >= 4 is 22.9 Å². The van der Waals surface area contributed by atoms with E-state index in [-0.39, 0.29) is 11.5 Å². The van der Waals surface area contributed by atoms with Crippen molar-refractivity contribution in [1.29, 1.82) is 0 Å². The van der Waals surface area contributed by atoms with Crippen LogP contribution in [0.2, 0.25) is 4.34 Å². The van der Waals surface area contributed by atoms with Crippen LogP contribution in [0, 0.1) is 5.41 Å². The second-order valence-corrected chi connectivity index (χ2v) is 5.52. The Hall–Kier alpha value is -0.120. The Morgan fingerprint density at radius 1 is 1.67 bits per heavy atom. The summed E-state index contributed by atoms with van der Waals surface area (Å²) in [5.74, 6) is 0.412. The number of thiazole rings is 1. The molecule has 1 aromatic rings. The van der Waals surface area contributed by atoms with Crippen LogP contribution in [0.1, 0.15) is 24.8 Å². The van der Waals surface area contributed by atoms with E-state index in [0.29, 0.717) is 5.92 Å². The molecule has 2 rings (SSSR count). The molecular weight excluding hydrogens is 192 g/mol. The predicted octanol–water partition coefficient (Wildman–Crippen LogP) is 2.25. The van der Waals surface area contributed by atoms with Crippen molar-refractivity contribution in [1.82, 2.24) is 4.98 Å². The fraction of sp³-hybridized carbons (Fsp3) is 0.625. The molecule has 0 amide bonds. The zero-order valence-electron chi connectivity index (χ0n) is 7.04. The summed E-state index contributed by atoms with van der Waals surface area (Å²) in [7, 11) is 0. The number of rotatable bonds is 1. The molecular formula is C8H11ClN2S. The van der Waals surface area contributed by atoms with Crippen LogP contribution < -0.4 is 5.73 Å². The predicted molar refractivity (Wildman–Crippen MR) is 51.6 cm³/mol. The first-order valence-electron chi connectivity index (χ1n) is 3.90. The van der Waals surface area contributed by atoms with Crippen molar-refractivity contribution in [2.45, 2.75) is 25.8 Å². The van der Waals surface area contributed by atoms with Crippen LogP contribution >= 0.6 is 22.9 Å². The van der Waals surface area contributed by atoms with Gasteiger partial charge in [0.15, 0.2) is 0 Å². The molecule has 1 heterocycles. The standard InChI is InChI=1S/C8H11ClN2S/c1-8(2)5(6(8)10)7-11-3-4(9)12-7/h3,5-6H,10H2,1-2H3. The molecule has 2 N–H and O–H groups in total. The Morgan fingerprint density at radius 3 is 2.58 bits per heavy atom. The minimum absolute atomic E-state index is 0.210. The van der Waals surface area contributed by atoms with E-state index in [2.05, 4.69) is 18.8 Å². The molecule has 2 atom stereocenters. The largest absolute Gasteiger partial charge is 0.327 e. The Kier molecular flexibility index (Phi) is 1.72. The van der Waals surface area contributed by atoms with E-state index in [0.717, 1.165) is 9.34 Å². The summed E-state index contributed by atoms with van der Waals surface area (Å²) in [4.78, 5) is 4.23. The van der Waals surface area contributed by atoms with Crippen molar-refractivity contribution in [3.63, 3.8) is 0 Å². The minimum Gasteiger partial charge on any atom is -0.327 e. The molecule has 0 spiro atoms. The molecule has 0 bridgehead atoms. The molecule has 4 heteroatoms. The van der Waals surface area contributed by atoms with Crippen LogP contribution in [0.3, 0.4) is 0 Å². The van der Waals surface area contributed by atoms with Crippen LogP contribution in [0.4, 0.5) is 0 Å². The molecule has 1 aromatic heterocycles. The van der Waals surface area contributed by atoms with E-state index >= 15 is 0 Å². The highest BCUT2D eigenvalue weighted by atomic mass is 35.5. The summed E-state index contributed by atoms with van der Waals surface area (Å²) in [6, 6.07) is 0.250. The smallest absolute Gasteiger partial charge is 0.113 e. The number of nitrogens with two attached hydrogens (primary N) is 1. The van der Waals surface area contributed by atoms with Gasteiger partial charge < -0.3 is 5.73 Å². The summed E-state index contributed by atoms with van der Waals surface area (Å²) in [5, 5.41) is 1.08. The second kappa shape index (κ2) is 2.44. The first-order chi connectivity index (χ1) is 5.53. The first kappa shape index (κ1) is 8.48. The van der Waals surface area contributed by atoms with Crippen LogP contribution in [0.25, 0.3) is 0 Å². The van der Waals surface area contributed by atoms with Gasteiger partial charge in [0, 0.05) is 12.0 Å². The van der Waals surface area contributed by atoms with E-state index < -0.39 is 0 Å². The van der Waals surface area contributed by atoms with Crippen molar-refractivity contribution in [2.75, 3.05) is 0 Å². The fourth-order valence-electron chi connectivity index (χ4n) is 1.56. The summed E-state index contributed by atoms with van der Waals surface area (Å²) in [6.45, 7) is 4.33. The summed E-state index contributed by atoms with van der Waals surface area (Å²) in [6.07, 6.45) is 1.70. The van der Waals surface area contributed by atoms with E-state index in [1.54, 1.807) is 6.20 Å². The molecule has 1 aliphatic rings. The summed E-state index contributed by atoms with van der Waals surface area (Å²) >= 11 is 7.33. The normalized spacial score (nSPS) is 32.0. The highest BCUT2D eigenvalue weighted by molar-refractivity contribution is 7.15. The SMILES string of the molecule is CC1(C)C(N)C1c1ncc(Cl)s1. The van der Waals surface area contributed by atoms with Gasteiger partial charge in [0.1, 0.15) is 4.34 Å². The summed E-state index contributed by atoms with van der Waals surface area (Å²) < 4.78 is 0.750. The molecule has 1 fully saturated rings. The number of hydrogen-bond acceptors (Lipinski definition) is 3. The molecule has 0 aliphatic heterocycles. The average molecular weight is 203 g/mol. The zero-order valence-corrected chi connectivity index (χ0v) is 8.62. The van der Waals surface area contributed by atoms with Gasteiger partial charge in [-0.05, 0) is 5.41 Å². The lowest BCUT2D eigenvalue weighted by Gasteiger charge is -1.96. The van der Waals surface area contributed by atoms with Gasteiger partial charge in [0.25, 0.3) is 0 Å². The van der Waals surface area contributed by atoms with Crippen LogP contribution in [-0.2, 0) is 0 Å². The van der Waals surface area contributed by atoms with Crippen molar-refractivity contribution in [3.8, 4) is 0 Å². The van der Waals surface area contributed by atoms with Gasteiger partial charge in [-0.25, -0.2) is 4.98 Å². The van der Waals surface area contributed by atoms with Gasteiger partial charge >= 0.3 is 0 Å². The van der Waals surface area contributed by atoms with Crippen LogP contribution in [-0.4, -0.2) is 11.0 Å². The fourth-order valence-corrected chi connectivity index (χ4v) is 2.83. The van der Waals surface area contributed by atoms with Crippen molar-refractivity contribution in [2.24, 2.45) is 11.1 Å². The van der Waals surface area contributed by atoms with Gasteiger partial charge in [-0.2, -0.15) is 0 Å². The molecule has 1 aliphatic carbocycles. The van der Waals surface area contributed by atoms with Crippen LogP contribution in [0.5, 0.6) is 0 Å². The molecule has 2 unspecified atom stereocenters. The second-order valence-electron chi connectivity index (χ2n) is 3.83. The zero-order chi connectivity index (χ0) is 8.93. The van der Waals surface area contributed by atoms with Crippen molar-refractivity contribution < 1.29 is 0 Å². The molecule has 2 nitrogen and oxygen atoms in total. The van der Waals surface area contributed by atoms with Gasteiger partial charge in [-0.3, -0.25) is 0 Å². The Morgan fingerprint density at radius 2 is 2.25 bits per heavy atom. The molecule has 66 valence electrons. The molecule has 0 saturated heterocycles. The monoisotopic (exact) mass is 202 g/mol. The maximum Gasteiger partial charge on any atom is 0.113 e. The van der Waals surface area contributed by atoms with E-state index in [4.69, 9.17) is 17.3 Å². The van der Waals surface area contributed by atoms with Crippen molar-refractivity contribution in [3.05, 3.63) is 15.5 Å². The van der Waals surface area contributed by atoms with E-state index in [1.807, 2.05) is 0 Å². The Labute approximate surface area is 80.8 Å². The maximum atomic E-state index is 5.91. The van der Waals surface area contributed by atoms with Gasteiger partial charge in [0.05, 0.1) is 11.2 Å². The minimum atomic E-state index is 0.210. The quantitative estimate of drug-likeness (QED) is 0.759. The number of aromatic nitrogens is 1. The lowest BCUT2D eigenvalue weighted by atomic mass is 10.1. The van der Waals surface area contributed by atoms with Crippen LogP contribution in [0.15, 0.2) is 6.20 Å². The maximum absolute atomic E-state index is 5.91. The Balaban J connectivity index is 2.24. The third kappa shape index (κ3) is 1.08. The highest BCUT2D eigenvalue weighted by Crippen LogP contribution is 2.58. The van der Waals surface area contributed by atoms with E-state index in [9.17, 15) is 0 Å². The Bertz CT molecular complexity index is 308. The molecule has 0 aromatic carbocycles. The van der Waals surface area contributed by atoms with Gasteiger partial charge in [-0.15, -0.1) is 11.3 Å². The highest BCUT2D eigenvalue weighted by Gasteiger charge is 2.57. The van der Waals surface area contributed by atoms with Gasteiger partial charge in [-0.1, -0.05) is 25.4 Å². The molecule has 1 saturated carbocycles. The topological polar surface area (TPSA) is 38.9 Å².